The molecule has 0 radical (unpaired) electrons. The standard InChI is InChI=1S/C14H14O2/c1-11-10-16-13(9-14(11)15)8-7-12-5-3-2-4-6-12/h2-8,10,13H,9H2,1H3/b8-7+/t13-/m0/s1. The Morgan fingerprint density at radius 3 is 2.75 bits per heavy atom. The number of benzene rings is 1. The van der Waals surface area contributed by atoms with E-state index in [9.17, 15) is 4.79 Å². The average molecular weight is 214 g/mol. The molecular weight excluding hydrogens is 200 g/mol. The number of hydrogen-bond acceptors (Lipinski definition) is 2. The van der Waals surface area contributed by atoms with Crippen LogP contribution < -0.4 is 0 Å². The lowest BCUT2D eigenvalue weighted by Gasteiger charge is -2.17. The zero-order chi connectivity index (χ0) is 11.4. The van der Waals surface area contributed by atoms with Crippen LogP contribution in [0.25, 0.3) is 6.08 Å². The van der Waals surface area contributed by atoms with Gasteiger partial charge in [0.15, 0.2) is 5.78 Å². The lowest BCUT2D eigenvalue weighted by atomic mass is 10.0. The van der Waals surface area contributed by atoms with Crippen molar-refractivity contribution in [3.8, 4) is 0 Å². The molecule has 1 atom stereocenters. The third-order valence-electron chi connectivity index (χ3n) is 2.55. The zero-order valence-electron chi connectivity index (χ0n) is 9.22. The van der Waals surface area contributed by atoms with Crippen LogP contribution in [0.4, 0.5) is 0 Å². The summed E-state index contributed by atoms with van der Waals surface area (Å²) in [5, 5.41) is 0. The van der Waals surface area contributed by atoms with Gasteiger partial charge in [0, 0.05) is 5.57 Å². The first-order valence-corrected chi connectivity index (χ1v) is 5.34. The van der Waals surface area contributed by atoms with E-state index in [0.29, 0.717) is 12.0 Å². The largest absolute Gasteiger partial charge is 0.493 e. The van der Waals surface area contributed by atoms with Crippen LogP contribution in [-0.2, 0) is 9.53 Å². The molecule has 2 rings (SSSR count). The predicted octanol–water partition coefficient (Wildman–Crippen LogP) is 2.96. The van der Waals surface area contributed by atoms with Gasteiger partial charge in [-0.05, 0) is 18.6 Å². The molecule has 0 amide bonds. The third kappa shape index (κ3) is 2.60. The summed E-state index contributed by atoms with van der Waals surface area (Å²) in [6, 6.07) is 9.97. The van der Waals surface area contributed by atoms with Gasteiger partial charge in [-0.25, -0.2) is 0 Å². The number of carbonyl (C=O) groups excluding carboxylic acids is 1. The Hall–Kier alpha value is -1.83. The van der Waals surface area contributed by atoms with Gasteiger partial charge in [-0.2, -0.15) is 0 Å². The van der Waals surface area contributed by atoms with Gasteiger partial charge in [0.05, 0.1) is 12.7 Å². The Morgan fingerprint density at radius 1 is 1.31 bits per heavy atom. The number of rotatable bonds is 2. The first kappa shape index (κ1) is 10.7. The lowest BCUT2D eigenvalue weighted by Crippen LogP contribution is -2.19. The van der Waals surface area contributed by atoms with Crippen molar-refractivity contribution in [2.24, 2.45) is 0 Å². The first-order chi connectivity index (χ1) is 7.75. The summed E-state index contributed by atoms with van der Waals surface area (Å²) < 4.78 is 5.41. The lowest BCUT2D eigenvalue weighted by molar-refractivity contribution is -0.118. The highest BCUT2D eigenvalue weighted by Crippen LogP contribution is 2.15. The van der Waals surface area contributed by atoms with Gasteiger partial charge >= 0.3 is 0 Å². The third-order valence-corrected chi connectivity index (χ3v) is 2.55. The fraction of sp³-hybridized carbons (Fsp3) is 0.214. The Morgan fingerprint density at radius 2 is 2.06 bits per heavy atom. The van der Waals surface area contributed by atoms with E-state index in [1.54, 1.807) is 13.2 Å². The summed E-state index contributed by atoms with van der Waals surface area (Å²) in [7, 11) is 0. The van der Waals surface area contributed by atoms with E-state index in [1.165, 1.54) is 0 Å². The summed E-state index contributed by atoms with van der Waals surface area (Å²) in [5.41, 5.74) is 1.81. The molecule has 1 aromatic carbocycles. The van der Waals surface area contributed by atoms with Gasteiger partial charge in [-0.15, -0.1) is 0 Å². The zero-order valence-corrected chi connectivity index (χ0v) is 9.22. The van der Waals surface area contributed by atoms with Crippen LogP contribution in [0.1, 0.15) is 18.9 Å². The fourth-order valence-corrected chi connectivity index (χ4v) is 1.54. The minimum Gasteiger partial charge on any atom is -0.493 e. The quantitative estimate of drug-likeness (QED) is 0.756. The van der Waals surface area contributed by atoms with Gasteiger partial charge in [0.2, 0.25) is 0 Å². The Bertz CT molecular complexity index is 429. The second-order valence-corrected chi connectivity index (χ2v) is 3.87. The first-order valence-electron chi connectivity index (χ1n) is 5.34. The summed E-state index contributed by atoms with van der Waals surface area (Å²) in [5.74, 6) is 0.161. The van der Waals surface area contributed by atoms with Crippen molar-refractivity contribution in [3.63, 3.8) is 0 Å². The van der Waals surface area contributed by atoms with Crippen molar-refractivity contribution in [2.45, 2.75) is 19.4 Å². The molecule has 0 spiro atoms. The minimum absolute atomic E-state index is 0.128. The number of hydrogen-bond donors (Lipinski definition) is 0. The van der Waals surface area contributed by atoms with E-state index in [2.05, 4.69) is 0 Å². The van der Waals surface area contributed by atoms with E-state index < -0.39 is 0 Å². The monoisotopic (exact) mass is 214 g/mol. The maximum atomic E-state index is 11.4. The molecule has 0 aliphatic carbocycles. The molecule has 2 nitrogen and oxygen atoms in total. The van der Waals surface area contributed by atoms with Gasteiger partial charge in [-0.3, -0.25) is 4.79 Å². The molecule has 0 fully saturated rings. The SMILES string of the molecule is CC1=CO[C@@H](/C=C/c2ccccc2)CC1=O. The topological polar surface area (TPSA) is 26.3 Å². The smallest absolute Gasteiger partial charge is 0.165 e. The molecular formula is C14H14O2. The highest BCUT2D eigenvalue weighted by Gasteiger charge is 2.17. The Kier molecular flexibility index (Phi) is 3.20. The van der Waals surface area contributed by atoms with Crippen LogP contribution in [0.5, 0.6) is 0 Å². The van der Waals surface area contributed by atoms with Gasteiger partial charge in [0.25, 0.3) is 0 Å². The second-order valence-electron chi connectivity index (χ2n) is 3.87. The molecule has 1 heterocycles. The molecule has 16 heavy (non-hydrogen) atoms. The van der Waals surface area contributed by atoms with Crippen LogP contribution in [0.15, 0.2) is 48.2 Å². The van der Waals surface area contributed by atoms with Crippen molar-refractivity contribution in [1.82, 2.24) is 0 Å². The number of ether oxygens (including phenoxy) is 1. The Balaban J connectivity index is 2.02. The molecule has 0 saturated carbocycles. The van der Waals surface area contributed by atoms with Crippen LogP contribution in [0.2, 0.25) is 0 Å². The Labute approximate surface area is 95.2 Å². The normalized spacial score (nSPS) is 20.7. The predicted molar refractivity (Wildman–Crippen MR) is 63.7 cm³/mol. The number of ketones is 1. The van der Waals surface area contributed by atoms with Crippen LogP contribution >= 0.6 is 0 Å². The van der Waals surface area contributed by atoms with Crippen molar-refractivity contribution in [3.05, 3.63) is 53.8 Å². The molecule has 0 unspecified atom stereocenters. The molecule has 1 aliphatic heterocycles. The van der Waals surface area contributed by atoms with Gasteiger partial charge in [-0.1, -0.05) is 36.4 Å². The summed E-state index contributed by atoms with van der Waals surface area (Å²) in [4.78, 5) is 11.4. The maximum Gasteiger partial charge on any atom is 0.165 e. The van der Waals surface area contributed by atoms with Crippen LogP contribution in [0.3, 0.4) is 0 Å². The number of Topliss-reactive ketones (excluding diaryl/α,β-unsaturated/α-hetero) is 1. The van der Waals surface area contributed by atoms with Crippen LogP contribution in [-0.4, -0.2) is 11.9 Å². The van der Waals surface area contributed by atoms with E-state index in [1.807, 2.05) is 42.5 Å². The molecule has 1 aromatic rings. The van der Waals surface area contributed by atoms with Crippen molar-refractivity contribution in [2.75, 3.05) is 0 Å². The second kappa shape index (κ2) is 4.79. The average Bonchev–Trinajstić information content (AvgIpc) is 2.32. The van der Waals surface area contributed by atoms with E-state index in [-0.39, 0.29) is 11.9 Å². The van der Waals surface area contributed by atoms with Crippen molar-refractivity contribution < 1.29 is 9.53 Å². The van der Waals surface area contributed by atoms with Gasteiger partial charge < -0.3 is 4.74 Å². The summed E-state index contributed by atoms with van der Waals surface area (Å²) in [6.45, 7) is 1.78. The van der Waals surface area contributed by atoms with Crippen molar-refractivity contribution >= 4 is 11.9 Å². The van der Waals surface area contributed by atoms with Crippen LogP contribution in [0, 0.1) is 0 Å². The molecule has 0 N–H and O–H groups in total. The molecule has 1 aliphatic rings. The summed E-state index contributed by atoms with van der Waals surface area (Å²) >= 11 is 0. The van der Waals surface area contributed by atoms with Crippen molar-refractivity contribution in [1.29, 1.82) is 0 Å². The minimum atomic E-state index is -0.128. The van der Waals surface area contributed by atoms with E-state index in [4.69, 9.17) is 4.74 Å². The fourth-order valence-electron chi connectivity index (χ4n) is 1.54. The maximum absolute atomic E-state index is 11.4. The summed E-state index contributed by atoms with van der Waals surface area (Å²) in [6.07, 6.45) is 5.76. The highest BCUT2D eigenvalue weighted by atomic mass is 16.5. The van der Waals surface area contributed by atoms with E-state index >= 15 is 0 Å². The molecule has 0 bridgehead atoms. The number of carbonyl (C=O) groups is 1. The molecule has 2 heteroatoms. The molecule has 82 valence electrons. The van der Waals surface area contributed by atoms with Gasteiger partial charge in [0.1, 0.15) is 6.10 Å². The highest BCUT2D eigenvalue weighted by molar-refractivity contribution is 5.95. The number of allylic oxidation sites excluding steroid dienone is 1. The van der Waals surface area contributed by atoms with E-state index in [0.717, 1.165) is 5.56 Å². The molecule has 0 aromatic heterocycles. The molecule has 0 saturated heterocycles.